The summed E-state index contributed by atoms with van der Waals surface area (Å²) in [6.45, 7) is -2.25. The van der Waals surface area contributed by atoms with Gasteiger partial charge in [0.15, 0.2) is 0 Å². The zero-order valence-electron chi connectivity index (χ0n) is 12.8. The molecule has 1 atom stereocenters. The third-order valence-corrected chi connectivity index (χ3v) is 2.17. The van der Waals surface area contributed by atoms with Gasteiger partial charge < -0.3 is 29.5 Å². The van der Waals surface area contributed by atoms with Crippen molar-refractivity contribution in [3.8, 4) is 0 Å². The summed E-state index contributed by atoms with van der Waals surface area (Å²) in [5, 5.41) is 34.5. The summed E-state index contributed by atoms with van der Waals surface area (Å²) in [5.74, 6) is -4.91. The summed E-state index contributed by atoms with van der Waals surface area (Å²) in [6.07, 6.45) is 0. The summed E-state index contributed by atoms with van der Waals surface area (Å²) in [6, 6.07) is 0. The third-order valence-electron chi connectivity index (χ3n) is 2.17. The summed E-state index contributed by atoms with van der Waals surface area (Å²) >= 11 is -2.86. The van der Waals surface area contributed by atoms with Crippen LogP contribution in [0, 0.1) is 0 Å². The largest absolute Gasteiger partial charge is 0.750 e. The molecule has 5 N–H and O–H groups in total. The molecule has 0 aliphatic heterocycles. The normalized spacial score (nSPS) is 11.0. The van der Waals surface area contributed by atoms with E-state index in [1.165, 1.54) is 0 Å². The topological polar surface area (TPSA) is 216 Å². The van der Waals surface area contributed by atoms with Crippen LogP contribution in [-0.2, 0) is 30.5 Å². The molecule has 0 aromatic rings. The van der Waals surface area contributed by atoms with E-state index in [4.69, 9.17) is 33.7 Å². The first kappa shape index (κ1) is 28.5. The van der Waals surface area contributed by atoms with Crippen molar-refractivity contribution >= 4 is 61.1 Å². The van der Waals surface area contributed by atoms with Crippen LogP contribution in [0.3, 0.4) is 0 Å². The molecule has 0 bridgehead atoms. The number of aliphatic carboxylic acids is 4. The average molecular weight is 488 g/mol. The van der Waals surface area contributed by atoms with Crippen LogP contribution in [0.1, 0.15) is 0 Å². The Labute approximate surface area is 163 Å². The van der Waals surface area contributed by atoms with E-state index in [2.05, 4.69) is 0 Å². The maximum Gasteiger partial charge on any atom is 0.317 e. The van der Waals surface area contributed by atoms with Crippen LogP contribution in [0.5, 0.6) is 0 Å². The Bertz CT molecular complexity index is 404. The van der Waals surface area contributed by atoms with Crippen molar-refractivity contribution in [2.75, 3.05) is 39.3 Å². The standard InChI is InChI=1S/C10H16N2O8.In.H2O3S/c13-7(14)3-11(4-8(15)16)1-2-12(5-9(17)18)6-10(19)20;;1-4(2)3/h1-6H2,(H,13,14)(H,15,16)(H,17,18)(H,19,20);;(H2,1,2,3)/p-1. The van der Waals surface area contributed by atoms with Crippen LogP contribution < -0.4 is 0 Å². The Hall–Kier alpha value is -1.26. The van der Waals surface area contributed by atoms with E-state index in [9.17, 15) is 19.2 Å². The van der Waals surface area contributed by atoms with Gasteiger partial charge in [0.1, 0.15) is 0 Å². The first-order valence-electron chi connectivity index (χ1n) is 6.04. The average Bonchev–Trinajstić information content (AvgIpc) is 2.32. The van der Waals surface area contributed by atoms with Crippen LogP contribution in [-0.4, -0.2) is 133 Å². The van der Waals surface area contributed by atoms with Gasteiger partial charge >= 0.3 is 23.9 Å². The predicted molar refractivity (Wildman–Crippen MR) is 80.7 cm³/mol. The summed E-state index contributed by atoms with van der Waals surface area (Å²) in [5.41, 5.74) is 0. The first-order valence-corrected chi connectivity index (χ1v) is 7.07. The van der Waals surface area contributed by atoms with Crippen LogP contribution in [0.25, 0.3) is 0 Å². The summed E-state index contributed by atoms with van der Waals surface area (Å²) < 4.78 is 24.1. The van der Waals surface area contributed by atoms with Gasteiger partial charge in [-0.1, -0.05) is 0 Å². The van der Waals surface area contributed by atoms with Gasteiger partial charge in [0.2, 0.25) is 0 Å². The van der Waals surface area contributed by atoms with Crippen LogP contribution in [0.15, 0.2) is 0 Å². The fourth-order valence-electron chi connectivity index (χ4n) is 1.48. The van der Waals surface area contributed by atoms with Crippen LogP contribution >= 0.6 is 0 Å². The number of carboxylic acids is 4. The predicted octanol–water partition coefficient (Wildman–Crippen LogP) is -3.11. The van der Waals surface area contributed by atoms with Gasteiger partial charge in [-0.3, -0.25) is 29.0 Å². The summed E-state index contributed by atoms with van der Waals surface area (Å²) in [4.78, 5) is 44.4. The molecule has 0 aliphatic carbocycles. The minimum Gasteiger partial charge on any atom is -0.750 e. The molecule has 143 valence electrons. The molecule has 0 amide bonds. The number of carbonyl (C=O) groups is 4. The van der Waals surface area contributed by atoms with Gasteiger partial charge in [0.05, 0.1) is 37.5 Å². The minimum atomic E-state index is -2.86. The third kappa shape index (κ3) is 25.1. The second kappa shape index (κ2) is 16.2. The van der Waals surface area contributed by atoms with Crippen molar-refractivity contribution in [3.05, 3.63) is 0 Å². The van der Waals surface area contributed by atoms with Crippen molar-refractivity contribution in [3.63, 3.8) is 0 Å². The molecule has 0 heterocycles. The maximum absolute atomic E-state index is 10.6. The molecule has 0 aromatic heterocycles. The zero-order chi connectivity index (χ0) is 19.3. The van der Waals surface area contributed by atoms with E-state index in [1.54, 1.807) is 0 Å². The van der Waals surface area contributed by atoms with E-state index in [0.717, 1.165) is 9.80 Å². The van der Waals surface area contributed by atoms with Gasteiger partial charge in [-0.25, -0.2) is 4.21 Å². The van der Waals surface area contributed by atoms with Gasteiger partial charge in [0.25, 0.3) is 0 Å². The van der Waals surface area contributed by atoms with Crippen molar-refractivity contribution in [1.29, 1.82) is 0 Å². The molecule has 3 radical (unpaired) electrons. The minimum absolute atomic E-state index is 0. The Kier molecular flexibility index (Phi) is 18.5. The van der Waals surface area contributed by atoms with Crippen LogP contribution in [0.4, 0.5) is 0 Å². The molecular formula is C10H17InN2O11S-. The number of hydrogen-bond acceptors (Lipinski definition) is 8. The number of carboxylic acid groups (broad SMARTS) is 4. The molecule has 0 fully saturated rings. The van der Waals surface area contributed by atoms with E-state index < -0.39 is 61.4 Å². The first-order chi connectivity index (χ1) is 10.9. The fraction of sp³-hybridized carbons (Fsp3) is 0.600. The molecule has 0 aliphatic rings. The quantitative estimate of drug-likeness (QED) is 0.182. The van der Waals surface area contributed by atoms with Gasteiger partial charge in [-0.15, -0.1) is 0 Å². The molecule has 0 aromatic carbocycles. The Morgan fingerprint density at radius 1 is 0.720 bits per heavy atom. The maximum atomic E-state index is 10.6. The molecule has 1 unspecified atom stereocenters. The molecule has 0 rings (SSSR count). The van der Waals surface area contributed by atoms with E-state index in [-0.39, 0.29) is 38.9 Å². The number of hydrogen-bond donors (Lipinski definition) is 5. The molecule has 0 spiro atoms. The molecule has 0 saturated carbocycles. The SMILES string of the molecule is O=C(O)CN(CCN(CC(=O)O)CC(=O)O)CC(=O)O.O=S([O-])O.[In]. The Morgan fingerprint density at radius 2 is 0.880 bits per heavy atom. The monoisotopic (exact) mass is 488 g/mol. The summed E-state index contributed by atoms with van der Waals surface area (Å²) in [7, 11) is 0. The van der Waals surface area contributed by atoms with Crippen molar-refractivity contribution in [1.82, 2.24) is 9.80 Å². The molecule has 13 nitrogen and oxygen atoms in total. The molecule has 0 saturated heterocycles. The number of nitrogens with zero attached hydrogens (tertiary/aromatic N) is 2. The second-order valence-corrected chi connectivity index (χ2v) is 4.65. The van der Waals surface area contributed by atoms with Gasteiger partial charge in [-0.05, 0) is 0 Å². The zero-order valence-corrected chi connectivity index (χ0v) is 16.9. The van der Waals surface area contributed by atoms with Crippen molar-refractivity contribution < 1.29 is 52.9 Å². The second-order valence-electron chi connectivity index (χ2n) is 4.21. The molecular weight excluding hydrogens is 471 g/mol. The van der Waals surface area contributed by atoms with Gasteiger partial charge in [-0.2, -0.15) is 0 Å². The van der Waals surface area contributed by atoms with E-state index in [0.29, 0.717) is 0 Å². The Morgan fingerprint density at radius 3 is 1.00 bits per heavy atom. The van der Waals surface area contributed by atoms with E-state index >= 15 is 0 Å². The smallest absolute Gasteiger partial charge is 0.317 e. The van der Waals surface area contributed by atoms with Gasteiger partial charge in [0, 0.05) is 38.9 Å². The van der Waals surface area contributed by atoms with Crippen LogP contribution in [0.2, 0.25) is 0 Å². The number of rotatable bonds is 11. The molecule has 15 heteroatoms. The molecule has 25 heavy (non-hydrogen) atoms. The van der Waals surface area contributed by atoms with E-state index in [1.807, 2.05) is 0 Å². The van der Waals surface area contributed by atoms with Crippen molar-refractivity contribution in [2.45, 2.75) is 0 Å². The Balaban J connectivity index is -0.000000867. The fourth-order valence-corrected chi connectivity index (χ4v) is 1.48. The van der Waals surface area contributed by atoms with Crippen molar-refractivity contribution in [2.24, 2.45) is 0 Å².